The fourth-order valence-electron chi connectivity index (χ4n) is 1.87. The predicted octanol–water partition coefficient (Wildman–Crippen LogP) is 3.07. The lowest BCUT2D eigenvalue weighted by Gasteiger charge is -2.09. The van der Waals surface area contributed by atoms with Gasteiger partial charge in [-0.2, -0.15) is 0 Å². The molecule has 1 heterocycles. The highest BCUT2D eigenvalue weighted by molar-refractivity contribution is 5.94. The molecule has 0 aliphatic rings. The Kier molecular flexibility index (Phi) is 4.34. The first kappa shape index (κ1) is 13.3. The number of hydrogen-bond acceptors (Lipinski definition) is 3. The molecule has 0 N–H and O–H groups in total. The summed E-state index contributed by atoms with van der Waals surface area (Å²) in [6.07, 6.45) is 4.68. The summed E-state index contributed by atoms with van der Waals surface area (Å²) in [5, 5.41) is 0. The molecule has 1 aromatic heterocycles. The minimum Gasteiger partial charge on any atom is -0.487 e. The van der Waals surface area contributed by atoms with Crippen LogP contribution in [0.25, 0.3) is 0 Å². The highest BCUT2D eigenvalue weighted by Crippen LogP contribution is 2.15. The number of hydrogen-bond donors (Lipinski definition) is 0. The van der Waals surface area contributed by atoms with Crippen LogP contribution in [0.2, 0.25) is 0 Å². The van der Waals surface area contributed by atoms with Crippen molar-refractivity contribution in [3.63, 3.8) is 0 Å². The van der Waals surface area contributed by atoms with Crippen molar-refractivity contribution in [1.29, 1.82) is 0 Å². The lowest BCUT2D eigenvalue weighted by Crippen LogP contribution is -2.05. The van der Waals surface area contributed by atoms with E-state index in [1.165, 1.54) is 0 Å². The molecule has 0 bridgehead atoms. The molecular weight excluding hydrogens is 240 g/mol. The summed E-state index contributed by atoms with van der Waals surface area (Å²) in [4.78, 5) is 15.4. The maximum atomic E-state index is 11.3. The van der Waals surface area contributed by atoms with Crippen LogP contribution in [0.4, 0.5) is 0 Å². The largest absolute Gasteiger partial charge is 0.487 e. The van der Waals surface area contributed by atoms with Crippen LogP contribution in [-0.2, 0) is 13.2 Å². The average Bonchev–Trinajstić information content (AvgIpc) is 2.85. The van der Waals surface area contributed by atoms with Gasteiger partial charge in [0.1, 0.15) is 12.4 Å². The number of ketones is 1. The zero-order valence-corrected chi connectivity index (χ0v) is 11.3. The molecule has 4 nitrogen and oxygen atoms in total. The molecule has 0 aliphatic heterocycles. The lowest BCUT2D eigenvalue weighted by atomic mass is 10.1. The van der Waals surface area contributed by atoms with Gasteiger partial charge in [-0.05, 0) is 25.5 Å². The van der Waals surface area contributed by atoms with Crippen LogP contribution >= 0.6 is 0 Å². The third-order valence-electron chi connectivity index (χ3n) is 2.89. The minimum atomic E-state index is 0.0430. The first-order valence-corrected chi connectivity index (χ1v) is 6.43. The van der Waals surface area contributed by atoms with E-state index in [9.17, 15) is 4.79 Å². The molecule has 2 aromatic rings. The van der Waals surface area contributed by atoms with E-state index in [0.717, 1.165) is 18.7 Å². The molecule has 0 amide bonds. The van der Waals surface area contributed by atoms with Gasteiger partial charge in [0.2, 0.25) is 0 Å². The third kappa shape index (κ3) is 3.44. The van der Waals surface area contributed by atoms with Gasteiger partial charge in [-0.1, -0.05) is 19.1 Å². The number of carbonyl (C=O) groups excluding carboxylic acids is 1. The summed E-state index contributed by atoms with van der Waals surface area (Å²) in [6, 6.07) is 7.24. The van der Waals surface area contributed by atoms with Crippen LogP contribution in [0, 0.1) is 0 Å². The predicted molar refractivity (Wildman–Crippen MR) is 73.3 cm³/mol. The Bertz CT molecular complexity index is 561. The van der Waals surface area contributed by atoms with Crippen molar-refractivity contribution in [1.82, 2.24) is 9.55 Å². The average molecular weight is 258 g/mol. The number of carbonyl (C=O) groups is 1. The fourth-order valence-corrected chi connectivity index (χ4v) is 1.87. The van der Waals surface area contributed by atoms with Gasteiger partial charge >= 0.3 is 0 Å². The molecule has 0 fully saturated rings. The second-order valence-corrected chi connectivity index (χ2v) is 4.45. The molecule has 0 unspecified atom stereocenters. The maximum Gasteiger partial charge on any atom is 0.159 e. The summed E-state index contributed by atoms with van der Waals surface area (Å²) in [5.41, 5.74) is 1.70. The molecule has 0 saturated heterocycles. The SMILES string of the molecule is CCCn1cncc1COc1cccc(C(C)=O)c1. The fraction of sp³-hybridized carbons (Fsp3) is 0.333. The van der Waals surface area contributed by atoms with Gasteiger partial charge in [0, 0.05) is 12.1 Å². The summed E-state index contributed by atoms with van der Waals surface area (Å²) in [5.74, 6) is 0.749. The lowest BCUT2D eigenvalue weighted by molar-refractivity contribution is 0.101. The van der Waals surface area contributed by atoms with Gasteiger partial charge in [0.25, 0.3) is 0 Å². The standard InChI is InChI=1S/C15H18N2O2/c1-3-7-17-11-16-9-14(17)10-19-15-6-4-5-13(8-15)12(2)18/h4-6,8-9,11H,3,7,10H2,1-2H3. The first-order valence-electron chi connectivity index (χ1n) is 6.43. The quantitative estimate of drug-likeness (QED) is 0.748. The van der Waals surface area contributed by atoms with Crippen LogP contribution < -0.4 is 4.74 Å². The molecule has 0 atom stereocenters. The van der Waals surface area contributed by atoms with Crippen molar-refractivity contribution in [3.8, 4) is 5.75 Å². The summed E-state index contributed by atoms with van der Waals surface area (Å²) in [7, 11) is 0. The van der Waals surface area contributed by atoms with Gasteiger partial charge in [0.15, 0.2) is 5.78 Å². The molecule has 0 aliphatic carbocycles. The van der Waals surface area contributed by atoms with Crippen molar-refractivity contribution in [2.75, 3.05) is 0 Å². The minimum absolute atomic E-state index is 0.0430. The van der Waals surface area contributed by atoms with Gasteiger partial charge in [-0.25, -0.2) is 4.98 Å². The number of Topliss-reactive ketones (excluding diaryl/α,β-unsaturated/α-hetero) is 1. The molecular formula is C15H18N2O2. The second kappa shape index (κ2) is 6.18. The monoisotopic (exact) mass is 258 g/mol. The number of nitrogens with zero attached hydrogens (tertiary/aromatic N) is 2. The zero-order valence-electron chi connectivity index (χ0n) is 11.3. The van der Waals surface area contributed by atoms with Gasteiger partial charge < -0.3 is 9.30 Å². The molecule has 0 radical (unpaired) electrons. The Labute approximate surface area is 113 Å². The van der Waals surface area contributed by atoms with Crippen molar-refractivity contribution in [2.24, 2.45) is 0 Å². The van der Waals surface area contributed by atoms with E-state index in [4.69, 9.17) is 4.74 Å². The number of aromatic nitrogens is 2. The van der Waals surface area contributed by atoms with Crippen molar-refractivity contribution >= 4 is 5.78 Å². The Morgan fingerprint density at radius 3 is 3.00 bits per heavy atom. The molecule has 2 rings (SSSR count). The van der Waals surface area contributed by atoms with E-state index in [0.29, 0.717) is 17.9 Å². The normalized spacial score (nSPS) is 10.4. The number of imidazole rings is 1. The summed E-state index contributed by atoms with van der Waals surface area (Å²) < 4.78 is 7.79. The van der Waals surface area contributed by atoms with E-state index in [1.54, 1.807) is 19.1 Å². The molecule has 100 valence electrons. The van der Waals surface area contributed by atoms with Gasteiger partial charge in [0.05, 0.1) is 18.2 Å². The van der Waals surface area contributed by atoms with E-state index in [2.05, 4.69) is 16.5 Å². The molecule has 4 heteroatoms. The number of rotatable bonds is 6. The Hall–Kier alpha value is -2.10. The van der Waals surface area contributed by atoms with Crippen molar-refractivity contribution in [3.05, 3.63) is 48.0 Å². The molecule has 1 aromatic carbocycles. The maximum absolute atomic E-state index is 11.3. The highest BCUT2D eigenvalue weighted by atomic mass is 16.5. The molecule has 0 spiro atoms. The number of ether oxygens (including phenoxy) is 1. The van der Waals surface area contributed by atoms with E-state index < -0.39 is 0 Å². The smallest absolute Gasteiger partial charge is 0.159 e. The van der Waals surface area contributed by atoms with Crippen LogP contribution in [0.15, 0.2) is 36.8 Å². The highest BCUT2D eigenvalue weighted by Gasteiger charge is 2.04. The van der Waals surface area contributed by atoms with Crippen molar-refractivity contribution in [2.45, 2.75) is 33.4 Å². The summed E-state index contributed by atoms with van der Waals surface area (Å²) >= 11 is 0. The Morgan fingerprint density at radius 2 is 2.26 bits per heavy atom. The van der Waals surface area contributed by atoms with E-state index in [-0.39, 0.29) is 5.78 Å². The number of aryl methyl sites for hydroxylation is 1. The zero-order chi connectivity index (χ0) is 13.7. The van der Waals surface area contributed by atoms with Gasteiger partial charge in [-0.15, -0.1) is 0 Å². The van der Waals surface area contributed by atoms with E-state index in [1.807, 2.05) is 24.7 Å². The molecule has 19 heavy (non-hydrogen) atoms. The van der Waals surface area contributed by atoms with E-state index >= 15 is 0 Å². The van der Waals surface area contributed by atoms with Crippen LogP contribution in [0.1, 0.15) is 36.3 Å². The number of benzene rings is 1. The van der Waals surface area contributed by atoms with Crippen LogP contribution in [0.3, 0.4) is 0 Å². The van der Waals surface area contributed by atoms with Crippen LogP contribution in [-0.4, -0.2) is 15.3 Å². The second-order valence-electron chi connectivity index (χ2n) is 4.45. The van der Waals surface area contributed by atoms with Crippen LogP contribution in [0.5, 0.6) is 5.75 Å². The van der Waals surface area contributed by atoms with Gasteiger partial charge in [-0.3, -0.25) is 4.79 Å². The molecule has 0 saturated carbocycles. The van der Waals surface area contributed by atoms with Crippen molar-refractivity contribution < 1.29 is 9.53 Å². The topological polar surface area (TPSA) is 44.1 Å². The Morgan fingerprint density at radius 1 is 1.42 bits per heavy atom. The first-order chi connectivity index (χ1) is 9.20. The Balaban J connectivity index is 2.04. The summed E-state index contributed by atoms with van der Waals surface area (Å²) in [6.45, 7) is 5.07. The third-order valence-corrected chi connectivity index (χ3v) is 2.89.